The smallest absolute Gasteiger partial charge is 0.267 e. The highest BCUT2D eigenvalue weighted by Crippen LogP contribution is 2.31. The molecule has 0 spiro atoms. The Kier molecular flexibility index (Phi) is 7.82. The van der Waals surface area contributed by atoms with Gasteiger partial charge in [-0.3, -0.25) is 14.6 Å². The molecule has 2 aliphatic rings. The van der Waals surface area contributed by atoms with Gasteiger partial charge in [-0.25, -0.2) is 4.39 Å². The lowest BCUT2D eigenvalue weighted by molar-refractivity contribution is -0.140. The van der Waals surface area contributed by atoms with Gasteiger partial charge >= 0.3 is 0 Å². The highest BCUT2D eigenvalue weighted by Gasteiger charge is 2.33. The molecule has 0 radical (unpaired) electrons. The molecule has 0 aliphatic carbocycles. The maximum atomic E-state index is 12.7. The Hall–Kier alpha value is -4.26. The molecule has 2 amide bonds. The number of amides is 2. The number of nitrogens with zero attached hydrogens (tertiary/aromatic N) is 2. The molecule has 2 aliphatic heterocycles. The lowest BCUT2D eigenvalue weighted by atomic mass is 10.0. The van der Waals surface area contributed by atoms with E-state index in [0.29, 0.717) is 30.9 Å². The number of hydrogen-bond acceptors (Lipinski definition) is 6. The number of carbonyl (C=O) groups is 2. The number of carbonyl (C=O) groups excluding carboxylic acids is 2. The molecule has 0 atom stereocenters. The van der Waals surface area contributed by atoms with Gasteiger partial charge in [0.1, 0.15) is 17.3 Å². The lowest BCUT2D eigenvalue weighted by Gasteiger charge is -2.30. The zero-order valence-corrected chi connectivity index (χ0v) is 20.2. The number of ether oxygens (including phenoxy) is 2. The number of aromatic nitrogens is 1. The van der Waals surface area contributed by atoms with Crippen molar-refractivity contribution in [3.8, 4) is 17.6 Å². The molecule has 3 aromatic rings. The molecule has 8 nitrogen and oxygen atoms in total. The molecule has 0 saturated carbocycles. The van der Waals surface area contributed by atoms with Gasteiger partial charge in [-0.2, -0.15) is 0 Å². The zero-order valence-electron chi connectivity index (χ0n) is 20.2. The highest BCUT2D eigenvalue weighted by molar-refractivity contribution is 5.95. The second-order valence-corrected chi connectivity index (χ2v) is 8.72. The van der Waals surface area contributed by atoms with E-state index in [1.54, 1.807) is 54.5 Å². The number of halogens is 1. The van der Waals surface area contributed by atoms with Crippen molar-refractivity contribution in [2.24, 2.45) is 5.73 Å². The quantitative estimate of drug-likeness (QED) is 0.531. The van der Waals surface area contributed by atoms with Crippen LogP contribution in [0.15, 0.2) is 60.8 Å². The molecule has 5 rings (SSSR count). The third kappa shape index (κ3) is 6.70. The van der Waals surface area contributed by atoms with Crippen LogP contribution in [0, 0.1) is 17.7 Å². The minimum absolute atomic E-state index is 0.0138. The van der Waals surface area contributed by atoms with Crippen molar-refractivity contribution in [1.29, 1.82) is 0 Å². The van der Waals surface area contributed by atoms with Crippen LogP contribution in [0.4, 0.5) is 10.1 Å². The van der Waals surface area contributed by atoms with E-state index in [9.17, 15) is 19.1 Å². The van der Waals surface area contributed by atoms with Crippen LogP contribution >= 0.6 is 0 Å². The molecule has 0 bridgehead atoms. The molecule has 1 aromatic heterocycles. The molecule has 37 heavy (non-hydrogen) atoms. The average molecular weight is 504 g/mol. The van der Waals surface area contributed by atoms with E-state index in [4.69, 9.17) is 15.2 Å². The van der Waals surface area contributed by atoms with Gasteiger partial charge in [0.25, 0.3) is 5.91 Å². The summed E-state index contributed by atoms with van der Waals surface area (Å²) in [5, 5.41) is 9.86. The van der Waals surface area contributed by atoms with Gasteiger partial charge in [-0.1, -0.05) is 24.0 Å². The van der Waals surface area contributed by atoms with Crippen molar-refractivity contribution in [2.75, 3.05) is 31.8 Å². The standard InChI is InChI=1S/C15H15NO4.C13H11FN2O/c1-16-12-8-11(4-6-15(18)9-19-10-15)2-3-13(12)20-7-5-14(16)17;14-11-3-1-9(2-4-11)7-10-5-6-16-12(8-10)13(15)17/h2-3,8,18H,5,7,9-10H2,1H3;1-6,8H,7H2,(H2,15,17). The van der Waals surface area contributed by atoms with Gasteiger partial charge < -0.3 is 25.2 Å². The maximum absolute atomic E-state index is 12.7. The number of primary amides is 1. The van der Waals surface area contributed by atoms with Crippen LogP contribution in [0.3, 0.4) is 0 Å². The third-order valence-electron chi connectivity index (χ3n) is 5.79. The Balaban J connectivity index is 0.000000176. The summed E-state index contributed by atoms with van der Waals surface area (Å²) in [6.07, 6.45) is 2.52. The summed E-state index contributed by atoms with van der Waals surface area (Å²) in [5.74, 6) is 5.59. The summed E-state index contributed by atoms with van der Waals surface area (Å²) in [6.45, 7) is 0.872. The Morgan fingerprint density at radius 2 is 1.92 bits per heavy atom. The molecular formula is C28H26FN3O5. The Morgan fingerprint density at radius 3 is 2.59 bits per heavy atom. The van der Waals surface area contributed by atoms with Crippen LogP contribution in [0.25, 0.3) is 0 Å². The van der Waals surface area contributed by atoms with Gasteiger partial charge in [-0.15, -0.1) is 0 Å². The topological polar surface area (TPSA) is 115 Å². The number of anilines is 1. The molecular weight excluding hydrogens is 477 g/mol. The largest absolute Gasteiger partial charge is 0.491 e. The van der Waals surface area contributed by atoms with Crippen molar-refractivity contribution >= 4 is 17.5 Å². The van der Waals surface area contributed by atoms with Crippen LogP contribution in [-0.4, -0.2) is 54.4 Å². The SMILES string of the molecule is CN1C(=O)CCOc2ccc(C#CC3(O)COC3)cc21.NC(=O)c1cc(Cc2ccc(F)cc2)ccn1. The minimum Gasteiger partial charge on any atom is -0.491 e. The van der Waals surface area contributed by atoms with Crippen LogP contribution in [0.1, 0.15) is 33.6 Å². The minimum atomic E-state index is -1.04. The maximum Gasteiger partial charge on any atom is 0.267 e. The Morgan fingerprint density at radius 1 is 1.16 bits per heavy atom. The predicted molar refractivity (Wildman–Crippen MR) is 135 cm³/mol. The fourth-order valence-electron chi connectivity index (χ4n) is 3.64. The monoisotopic (exact) mass is 503 g/mol. The van der Waals surface area contributed by atoms with E-state index in [1.165, 1.54) is 12.1 Å². The summed E-state index contributed by atoms with van der Waals surface area (Å²) >= 11 is 0. The molecule has 9 heteroatoms. The summed E-state index contributed by atoms with van der Waals surface area (Å²) in [4.78, 5) is 28.2. The Labute approximate surface area is 213 Å². The third-order valence-corrected chi connectivity index (χ3v) is 5.79. The van der Waals surface area contributed by atoms with Crippen molar-refractivity contribution in [3.05, 3.63) is 89.0 Å². The molecule has 3 N–H and O–H groups in total. The first-order valence-electron chi connectivity index (χ1n) is 11.6. The summed E-state index contributed by atoms with van der Waals surface area (Å²) < 4.78 is 23.2. The molecule has 1 saturated heterocycles. The second-order valence-electron chi connectivity index (χ2n) is 8.72. The van der Waals surface area contributed by atoms with E-state index >= 15 is 0 Å². The van der Waals surface area contributed by atoms with Crippen molar-refractivity contribution in [1.82, 2.24) is 4.98 Å². The normalized spacial score (nSPS) is 15.4. The van der Waals surface area contributed by atoms with Crippen molar-refractivity contribution in [3.63, 3.8) is 0 Å². The number of nitrogens with two attached hydrogens (primary N) is 1. The molecule has 1 fully saturated rings. The summed E-state index contributed by atoms with van der Waals surface area (Å²) in [7, 11) is 1.72. The Bertz CT molecular complexity index is 1360. The van der Waals surface area contributed by atoms with Gasteiger partial charge in [0.2, 0.25) is 5.91 Å². The van der Waals surface area contributed by atoms with Crippen molar-refractivity contribution < 1.29 is 28.6 Å². The van der Waals surface area contributed by atoms with E-state index in [0.717, 1.165) is 16.7 Å². The molecule has 3 heterocycles. The van der Waals surface area contributed by atoms with Crippen LogP contribution < -0.4 is 15.4 Å². The van der Waals surface area contributed by atoms with Crippen molar-refractivity contribution in [2.45, 2.75) is 18.4 Å². The molecule has 2 aromatic carbocycles. The van der Waals surface area contributed by atoms with Gasteiger partial charge in [-0.05, 0) is 60.0 Å². The number of hydrogen-bond donors (Lipinski definition) is 2. The summed E-state index contributed by atoms with van der Waals surface area (Å²) in [6, 6.07) is 15.1. The number of aliphatic hydroxyl groups is 1. The highest BCUT2D eigenvalue weighted by atomic mass is 19.1. The molecule has 190 valence electrons. The van der Waals surface area contributed by atoms with E-state index in [-0.39, 0.29) is 30.6 Å². The first-order valence-corrected chi connectivity index (χ1v) is 11.6. The van der Waals surface area contributed by atoms with Gasteiger partial charge in [0, 0.05) is 18.8 Å². The predicted octanol–water partition coefficient (Wildman–Crippen LogP) is 2.46. The van der Waals surface area contributed by atoms with E-state index in [2.05, 4.69) is 16.8 Å². The summed E-state index contributed by atoms with van der Waals surface area (Å²) in [5.41, 5.74) is 7.67. The number of fused-ring (bicyclic) bond motifs is 1. The number of rotatable bonds is 3. The molecule has 0 unspecified atom stereocenters. The second kappa shape index (κ2) is 11.2. The fraction of sp³-hybridized carbons (Fsp3) is 0.250. The van der Waals surface area contributed by atoms with Crippen LogP contribution in [0.2, 0.25) is 0 Å². The van der Waals surface area contributed by atoms with Gasteiger partial charge in [0.05, 0.1) is 31.9 Å². The number of pyridine rings is 1. The van der Waals surface area contributed by atoms with Crippen LogP contribution in [0.5, 0.6) is 5.75 Å². The average Bonchev–Trinajstić information content (AvgIpc) is 3.01. The fourth-order valence-corrected chi connectivity index (χ4v) is 3.64. The van der Waals surface area contributed by atoms with E-state index in [1.807, 2.05) is 6.07 Å². The lowest BCUT2D eigenvalue weighted by Crippen LogP contribution is -2.48. The van der Waals surface area contributed by atoms with E-state index < -0.39 is 11.5 Å². The number of benzene rings is 2. The zero-order chi connectivity index (χ0) is 26.4. The first kappa shape index (κ1) is 25.8. The first-order chi connectivity index (χ1) is 17.7. The van der Waals surface area contributed by atoms with Gasteiger partial charge in [0.15, 0.2) is 5.60 Å². The van der Waals surface area contributed by atoms with Crippen LogP contribution in [-0.2, 0) is 16.0 Å².